The van der Waals surface area contributed by atoms with Crippen LogP contribution in [-0.2, 0) is 14.8 Å². The second-order valence-corrected chi connectivity index (χ2v) is 7.86. The Kier molecular flexibility index (Phi) is 6.70. The molecule has 0 aromatic heterocycles. The van der Waals surface area contributed by atoms with E-state index in [1.165, 1.54) is 7.05 Å². The highest BCUT2D eigenvalue weighted by molar-refractivity contribution is 7.89. The quantitative estimate of drug-likeness (QED) is 0.673. The van der Waals surface area contributed by atoms with Crippen LogP contribution in [0.15, 0.2) is 47.4 Å². The molecule has 0 spiro atoms. The molecule has 2 rings (SSSR count). The van der Waals surface area contributed by atoms with Crippen molar-refractivity contribution >= 4 is 27.5 Å². The molecular formula is C19H23N3O4S. The van der Waals surface area contributed by atoms with Crippen molar-refractivity contribution < 1.29 is 18.0 Å². The molecule has 7 nitrogen and oxygen atoms in total. The number of carbonyl (C=O) groups is 2. The standard InChI is InChI=1S/C19H23N3O4S/c1-13-4-9-17(14(2)12-13)27(25,26)21-11-10-18(23)22-16-7-5-15(6-8-16)19(24)20-3/h4-9,12,21H,10-11H2,1-3H3,(H,20,24)(H,22,23). The predicted octanol–water partition coefficient (Wildman–Crippen LogP) is 1.97. The van der Waals surface area contributed by atoms with E-state index in [1.54, 1.807) is 49.4 Å². The van der Waals surface area contributed by atoms with Crippen LogP contribution < -0.4 is 15.4 Å². The van der Waals surface area contributed by atoms with Gasteiger partial charge in [-0.25, -0.2) is 13.1 Å². The summed E-state index contributed by atoms with van der Waals surface area (Å²) < 4.78 is 27.1. The molecule has 27 heavy (non-hydrogen) atoms. The highest BCUT2D eigenvalue weighted by atomic mass is 32.2. The van der Waals surface area contributed by atoms with Crippen LogP contribution in [0.25, 0.3) is 0 Å². The van der Waals surface area contributed by atoms with E-state index in [0.717, 1.165) is 5.56 Å². The molecule has 0 bridgehead atoms. The second kappa shape index (κ2) is 8.79. The highest BCUT2D eigenvalue weighted by Gasteiger charge is 2.16. The fourth-order valence-corrected chi connectivity index (χ4v) is 3.81. The zero-order chi connectivity index (χ0) is 20.0. The van der Waals surface area contributed by atoms with Gasteiger partial charge in [-0.3, -0.25) is 9.59 Å². The van der Waals surface area contributed by atoms with E-state index < -0.39 is 10.0 Å². The number of sulfonamides is 1. The third kappa shape index (κ3) is 5.63. The van der Waals surface area contributed by atoms with Crippen molar-refractivity contribution in [3.8, 4) is 0 Å². The summed E-state index contributed by atoms with van der Waals surface area (Å²) in [6, 6.07) is 11.5. The van der Waals surface area contributed by atoms with E-state index in [1.807, 2.05) is 6.92 Å². The largest absolute Gasteiger partial charge is 0.355 e. The van der Waals surface area contributed by atoms with Gasteiger partial charge in [-0.1, -0.05) is 17.7 Å². The molecule has 2 aromatic rings. The molecule has 0 atom stereocenters. The molecular weight excluding hydrogens is 366 g/mol. The molecule has 0 fully saturated rings. The number of hydrogen-bond donors (Lipinski definition) is 3. The van der Waals surface area contributed by atoms with Crippen LogP contribution in [0.4, 0.5) is 5.69 Å². The van der Waals surface area contributed by atoms with Gasteiger partial charge in [0, 0.05) is 31.3 Å². The van der Waals surface area contributed by atoms with Crippen molar-refractivity contribution in [1.82, 2.24) is 10.0 Å². The van der Waals surface area contributed by atoms with Crippen molar-refractivity contribution in [1.29, 1.82) is 0 Å². The predicted molar refractivity (Wildman–Crippen MR) is 104 cm³/mol. The average Bonchev–Trinajstić information content (AvgIpc) is 2.61. The maximum absolute atomic E-state index is 12.4. The molecule has 0 radical (unpaired) electrons. The Balaban J connectivity index is 1.89. The number of carbonyl (C=O) groups excluding carboxylic acids is 2. The Morgan fingerprint density at radius 1 is 1.00 bits per heavy atom. The molecule has 3 N–H and O–H groups in total. The molecule has 0 saturated heterocycles. The maximum atomic E-state index is 12.4. The summed E-state index contributed by atoms with van der Waals surface area (Å²) in [6.45, 7) is 3.61. The van der Waals surface area contributed by atoms with Gasteiger partial charge in [-0.2, -0.15) is 0 Å². The van der Waals surface area contributed by atoms with Crippen molar-refractivity contribution in [2.45, 2.75) is 25.2 Å². The van der Waals surface area contributed by atoms with Crippen molar-refractivity contribution in [2.24, 2.45) is 0 Å². The van der Waals surface area contributed by atoms with Crippen LogP contribution >= 0.6 is 0 Å². The van der Waals surface area contributed by atoms with Crippen LogP contribution in [0.5, 0.6) is 0 Å². The number of aryl methyl sites for hydroxylation is 2. The van der Waals surface area contributed by atoms with Gasteiger partial charge in [0.05, 0.1) is 4.90 Å². The lowest BCUT2D eigenvalue weighted by Gasteiger charge is -2.10. The zero-order valence-corrected chi connectivity index (χ0v) is 16.3. The van der Waals surface area contributed by atoms with Gasteiger partial charge in [0.15, 0.2) is 0 Å². The van der Waals surface area contributed by atoms with Gasteiger partial charge in [0.1, 0.15) is 0 Å². The molecule has 0 saturated carbocycles. The van der Waals surface area contributed by atoms with Crippen LogP contribution in [-0.4, -0.2) is 33.8 Å². The van der Waals surface area contributed by atoms with Crippen molar-refractivity contribution in [2.75, 3.05) is 18.9 Å². The van der Waals surface area contributed by atoms with E-state index in [0.29, 0.717) is 16.8 Å². The number of rotatable bonds is 7. The Bertz CT molecular complexity index is 938. The number of nitrogens with one attached hydrogen (secondary N) is 3. The Hall–Kier alpha value is -2.71. The minimum absolute atomic E-state index is 0.0126. The van der Waals surface area contributed by atoms with E-state index in [2.05, 4.69) is 15.4 Å². The minimum atomic E-state index is -3.67. The van der Waals surface area contributed by atoms with Gasteiger partial charge in [0.25, 0.3) is 5.91 Å². The smallest absolute Gasteiger partial charge is 0.251 e. The van der Waals surface area contributed by atoms with Crippen LogP contribution in [0.3, 0.4) is 0 Å². The molecule has 0 aliphatic heterocycles. The minimum Gasteiger partial charge on any atom is -0.355 e. The molecule has 144 valence electrons. The second-order valence-electron chi connectivity index (χ2n) is 6.12. The maximum Gasteiger partial charge on any atom is 0.251 e. The Labute approximate surface area is 159 Å². The van der Waals surface area contributed by atoms with Crippen LogP contribution in [0, 0.1) is 13.8 Å². The van der Waals surface area contributed by atoms with E-state index in [9.17, 15) is 18.0 Å². The molecule has 8 heteroatoms. The third-order valence-corrected chi connectivity index (χ3v) is 5.54. The molecule has 0 heterocycles. The normalized spacial score (nSPS) is 11.1. The Morgan fingerprint density at radius 2 is 1.67 bits per heavy atom. The first-order chi connectivity index (χ1) is 12.7. The number of anilines is 1. The lowest BCUT2D eigenvalue weighted by molar-refractivity contribution is -0.116. The number of amides is 2. The molecule has 2 aromatic carbocycles. The monoisotopic (exact) mass is 389 g/mol. The van der Waals surface area contributed by atoms with E-state index in [4.69, 9.17) is 0 Å². The zero-order valence-electron chi connectivity index (χ0n) is 15.5. The fourth-order valence-electron chi connectivity index (χ4n) is 2.55. The third-order valence-electron chi connectivity index (χ3n) is 3.92. The average molecular weight is 389 g/mol. The summed E-state index contributed by atoms with van der Waals surface area (Å²) in [5, 5.41) is 5.18. The first-order valence-corrected chi connectivity index (χ1v) is 9.90. The molecule has 0 unspecified atom stereocenters. The molecule has 0 aliphatic rings. The lowest BCUT2D eigenvalue weighted by atomic mass is 10.2. The van der Waals surface area contributed by atoms with E-state index >= 15 is 0 Å². The van der Waals surface area contributed by atoms with E-state index in [-0.39, 0.29) is 29.7 Å². The summed E-state index contributed by atoms with van der Waals surface area (Å²) in [7, 11) is -2.13. The number of hydrogen-bond acceptors (Lipinski definition) is 4. The van der Waals surface area contributed by atoms with Crippen LogP contribution in [0.1, 0.15) is 27.9 Å². The van der Waals surface area contributed by atoms with Gasteiger partial charge in [0.2, 0.25) is 15.9 Å². The molecule has 0 aliphatic carbocycles. The van der Waals surface area contributed by atoms with Gasteiger partial charge in [-0.15, -0.1) is 0 Å². The summed E-state index contributed by atoms with van der Waals surface area (Å²) in [6.07, 6.45) is -0.0126. The van der Waals surface area contributed by atoms with Gasteiger partial charge >= 0.3 is 0 Å². The summed E-state index contributed by atoms with van der Waals surface area (Å²) >= 11 is 0. The first kappa shape index (κ1) is 20.6. The topological polar surface area (TPSA) is 104 Å². The SMILES string of the molecule is CNC(=O)c1ccc(NC(=O)CCNS(=O)(=O)c2ccc(C)cc2C)cc1. The van der Waals surface area contributed by atoms with Crippen molar-refractivity contribution in [3.05, 3.63) is 59.2 Å². The lowest BCUT2D eigenvalue weighted by Crippen LogP contribution is -2.28. The highest BCUT2D eigenvalue weighted by Crippen LogP contribution is 2.16. The van der Waals surface area contributed by atoms with Crippen molar-refractivity contribution in [3.63, 3.8) is 0 Å². The first-order valence-electron chi connectivity index (χ1n) is 8.42. The van der Waals surface area contributed by atoms with Gasteiger partial charge < -0.3 is 10.6 Å². The Morgan fingerprint density at radius 3 is 2.26 bits per heavy atom. The molecule has 2 amide bonds. The number of benzene rings is 2. The summed E-state index contributed by atoms with van der Waals surface area (Å²) in [4.78, 5) is 23.7. The summed E-state index contributed by atoms with van der Waals surface area (Å²) in [5.74, 6) is -0.542. The van der Waals surface area contributed by atoms with Gasteiger partial charge in [-0.05, 0) is 49.7 Å². The fraction of sp³-hybridized carbons (Fsp3) is 0.263. The van der Waals surface area contributed by atoms with Crippen LogP contribution in [0.2, 0.25) is 0 Å². The summed E-state index contributed by atoms with van der Waals surface area (Å²) in [5.41, 5.74) is 2.65.